The van der Waals surface area contributed by atoms with Gasteiger partial charge in [0, 0.05) is 12.3 Å². The predicted molar refractivity (Wildman–Crippen MR) is 54.9 cm³/mol. The van der Waals surface area contributed by atoms with Crippen LogP contribution in [0.3, 0.4) is 0 Å². The van der Waals surface area contributed by atoms with Crippen molar-refractivity contribution in [3.05, 3.63) is 34.0 Å². The van der Waals surface area contributed by atoms with Crippen molar-refractivity contribution in [2.45, 2.75) is 9.37 Å². The van der Waals surface area contributed by atoms with Gasteiger partial charge in [0.2, 0.25) is 0 Å². The first-order valence-electron chi connectivity index (χ1n) is 3.81. The molecule has 0 saturated heterocycles. The maximum absolute atomic E-state index is 10.7. The summed E-state index contributed by atoms with van der Waals surface area (Å²) in [6.45, 7) is 0. The molecule has 2 rings (SSSR count). The van der Waals surface area contributed by atoms with Crippen molar-refractivity contribution in [2.75, 3.05) is 0 Å². The molecule has 0 aliphatic carbocycles. The molecular weight excluding hydrogens is 236 g/mol. The summed E-state index contributed by atoms with van der Waals surface area (Å²) in [4.78, 5) is 14.1. The lowest BCUT2D eigenvalue weighted by molar-refractivity contribution is -0.388. The summed E-state index contributed by atoms with van der Waals surface area (Å²) in [5, 5.41) is 18.4. The average Bonchev–Trinajstić information content (AvgIpc) is 2.71. The number of hydrogen-bond donors (Lipinski definition) is 0. The SMILES string of the molecule is O=[N+]([O-])c1cccnc1Sc1nncs1. The summed E-state index contributed by atoms with van der Waals surface area (Å²) < 4.78 is 0.636. The van der Waals surface area contributed by atoms with Gasteiger partial charge < -0.3 is 0 Å². The van der Waals surface area contributed by atoms with Gasteiger partial charge in [0.1, 0.15) is 5.51 Å². The topological polar surface area (TPSA) is 81.8 Å². The summed E-state index contributed by atoms with van der Waals surface area (Å²) in [5.41, 5.74) is 1.55. The third kappa shape index (κ3) is 2.28. The monoisotopic (exact) mass is 240 g/mol. The third-order valence-electron chi connectivity index (χ3n) is 1.47. The number of aromatic nitrogens is 3. The van der Waals surface area contributed by atoms with Gasteiger partial charge in [-0.05, 0) is 17.8 Å². The molecule has 2 heterocycles. The second-order valence-corrected chi connectivity index (χ2v) is 4.46. The quantitative estimate of drug-likeness (QED) is 0.602. The Morgan fingerprint density at radius 2 is 2.40 bits per heavy atom. The van der Waals surface area contributed by atoms with Gasteiger partial charge in [-0.1, -0.05) is 11.3 Å². The molecule has 0 radical (unpaired) electrons. The van der Waals surface area contributed by atoms with E-state index < -0.39 is 4.92 Å². The summed E-state index contributed by atoms with van der Waals surface area (Å²) in [6, 6.07) is 2.94. The molecule has 0 fully saturated rings. The normalized spacial score (nSPS) is 10.1. The highest BCUT2D eigenvalue weighted by Gasteiger charge is 2.16. The van der Waals surface area contributed by atoms with Crippen LogP contribution in [0.15, 0.2) is 33.2 Å². The Bertz CT molecular complexity index is 474. The molecule has 15 heavy (non-hydrogen) atoms. The highest BCUT2D eigenvalue weighted by atomic mass is 32.2. The Morgan fingerprint density at radius 3 is 3.07 bits per heavy atom. The first-order chi connectivity index (χ1) is 7.27. The predicted octanol–water partition coefficient (Wildman–Crippen LogP) is 1.99. The molecule has 0 saturated carbocycles. The molecule has 0 N–H and O–H groups in total. The van der Waals surface area contributed by atoms with E-state index in [1.807, 2.05) is 0 Å². The van der Waals surface area contributed by atoms with Gasteiger partial charge >= 0.3 is 5.69 Å². The fourth-order valence-electron chi connectivity index (χ4n) is 0.890. The average molecular weight is 240 g/mol. The summed E-state index contributed by atoms with van der Waals surface area (Å²) >= 11 is 2.46. The van der Waals surface area contributed by atoms with Crippen LogP contribution in [0.25, 0.3) is 0 Å². The number of rotatable bonds is 3. The summed E-state index contributed by atoms with van der Waals surface area (Å²) in [6.07, 6.45) is 1.51. The van der Waals surface area contributed by atoms with Crippen molar-refractivity contribution in [3.8, 4) is 0 Å². The van der Waals surface area contributed by atoms with Crippen LogP contribution in [0.4, 0.5) is 5.69 Å². The van der Waals surface area contributed by atoms with Gasteiger partial charge in [-0.25, -0.2) is 4.98 Å². The van der Waals surface area contributed by atoms with Crippen molar-refractivity contribution in [2.24, 2.45) is 0 Å². The molecule has 0 bridgehead atoms. The summed E-state index contributed by atoms with van der Waals surface area (Å²) in [7, 11) is 0. The molecule has 6 nitrogen and oxygen atoms in total. The van der Waals surface area contributed by atoms with Crippen LogP contribution in [0.1, 0.15) is 0 Å². The second-order valence-electron chi connectivity index (χ2n) is 2.39. The van der Waals surface area contributed by atoms with Crippen LogP contribution >= 0.6 is 23.1 Å². The van der Waals surface area contributed by atoms with E-state index in [4.69, 9.17) is 0 Å². The molecule has 8 heteroatoms. The standard InChI is InChI=1S/C7H4N4O2S2/c12-11(13)5-2-1-3-8-6(5)15-7-10-9-4-14-7/h1-4H. The molecule has 2 aromatic heterocycles. The minimum absolute atomic E-state index is 0.0160. The van der Waals surface area contributed by atoms with Crippen molar-refractivity contribution < 1.29 is 4.92 Å². The molecule has 76 valence electrons. The van der Waals surface area contributed by atoms with Crippen LogP contribution in [-0.2, 0) is 0 Å². The zero-order valence-corrected chi connectivity index (χ0v) is 8.86. The molecule has 0 unspecified atom stereocenters. The Balaban J connectivity index is 2.32. The van der Waals surface area contributed by atoms with E-state index in [0.29, 0.717) is 9.37 Å². The molecule has 0 atom stereocenters. The smallest absolute Gasteiger partial charge is 0.258 e. The maximum atomic E-state index is 10.7. The molecule has 0 aromatic carbocycles. The molecule has 0 aliphatic heterocycles. The lowest BCUT2D eigenvalue weighted by Gasteiger charge is -1.96. The number of hydrogen-bond acceptors (Lipinski definition) is 7. The van der Waals surface area contributed by atoms with Crippen molar-refractivity contribution in [3.63, 3.8) is 0 Å². The van der Waals surface area contributed by atoms with E-state index in [-0.39, 0.29) is 5.69 Å². The van der Waals surface area contributed by atoms with E-state index in [1.165, 1.54) is 29.7 Å². The second kappa shape index (κ2) is 4.32. The molecular formula is C7H4N4O2S2. The highest BCUT2D eigenvalue weighted by molar-refractivity contribution is 8.01. The number of nitro groups is 1. The van der Waals surface area contributed by atoms with Crippen LogP contribution in [0, 0.1) is 10.1 Å². The Kier molecular flexibility index (Phi) is 2.88. The van der Waals surface area contributed by atoms with Gasteiger partial charge in [-0.2, -0.15) is 0 Å². The van der Waals surface area contributed by atoms with E-state index in [9.17, 15) is 10.1 Å². The van der Waals surface area contributed by atoms with Crippen molar-refractivity contribution >= 4 is 28.8 Å². The van der Waals surface area contributed by atoms with Crippen molar-refractivity contribution in [1.82, 2.24) is 15.2 Å². The fourth-order valence-corrected chi connectivity index (χ4v) is 2.34. The third-order valence-corrected chi connectivity index (χ3v) is 3.26. The van der Waals surface area contributed by atoms with Gasteiger partial charge in [-0.3, -0.25) is 10.1 Å². The van der Waals surface area contributed by atoms with Gasteiger partial charge in [-0.15, -0.1) is 10.2 Å². The van der Waals surface area contributed by atoms with Gasteiger partial charge in [0.15, 0.2) is 9.37 Å². The molecule has 2 aromatic rings. The molecule has 0 spiro atoms. The maximum Gasteiger partial charge on any atom is 0.301 e. The van der Waals surface area contributed by atoms with Crippen LogP contribution in [0.2, 0.25) is 0 Å². The number of pyridine rings is 1. The van der Waals surface area contributed by atoms with Gasteiger partial charge in [0.05, 0.1) is 4.92 Å². The van der Waals surface area contributed by atoms with E-state index in [0.717, 1.165) is 11.8 Å². The first kappa shape index (κ1) is 9.99. The Labute approximate surface area is 92.5 Å². The minimum atomic E-state index is -0.462. The van der Waals surface area contributed by atoms with Gasteiger partial charge in [0.25, 0.3) is 0 Å². The molecule has 0 aliphatic rings. The molecule has 0 amide bonds. The lowest BCUT2D eigenvalue weighted by atomic mass is 10.4. The van der Waals surface area contributed by atoms with E-state index in [2.05, 4.69) is 15.2 Å². The lowest BCUT2D eigenvalue weighted by Crippen LogP contribution is -1.92. The highest BCUT2D eigenvalue weighted by Crippen LogP contribution is 2.32. The van der Waals surface area contributed by atoms with Crippen molar-refractivity contribution in [1.29, 1.82) is 0 Å². The zero-order chi connectivity index (χ0) is 10.7. The van der Waals surface area contributed by atoms with E-state index >= 15 is 0 Å². The largest absolute Gasteiger partial charge is 0.301 e. The van der Waals surface area contributed by atoms with Crippen LogP contribution in [-0.4, -0.2) is 20.1 Å². The minimum Gasteiger partial charge on any atom is -0.258 e. The Morgan fingerprint density at radius 1 is 1.53 bits per heavy atom. The summed E-state index contributed by atoms with van der Waals surface area (Å²) in [5.74, 6) is 0. The number of nitrogens with zero attached hydrogens (tertiary/aromatic N) is 4. The Hall–Kier alpha value is -1.54. The van der Waals surface area contributed by atoms with Crippen LogP contribution in [0.5, 0.6) is 0 Å². The van der Waals surface area contributed by atoms with Crippen LogP contribution < -0.4 is 0 Å². The fraction of sp³-hybridized carbons (Fsp3) is 0. The van der Waals surface area contributed by atoms with E-state index in [1.54, 1.807) is 5.51 Å². The zero-order valence-electron chi connectivity index (χ0n) is 7.23. The first-order valence-corrected chi connectivity index (χ1v) is 5.50.